The first-order chi connectivity index (χ1) is 9.74. The molecule has 2 rings (SSSR count). The highest BCUT2D eigenvalue weighted by Crippen LogP contribution is 2.22. The molecule has 0 aliphatic carbocycles. The van der Waals surface area contributed by atoms with Gasteiger partial charge >= 0.3 is 6.09 Å². The Bertz CT molecular complexity index is 501. The summed E-state index contributed by atoms with van der Waals surface area (Å²) in [6.45, 7) is 5.40. The Hall–Kier alpha value is -2.05. The molecule has 1 aromatic rings. The fraction of sp³-hybridized carbons (Fsp3) is 0.571. The summed E-state index contributed by atoms with van der Waals surface area (Å²) >= 11 is 0. The molecule has 1 fully saturated rings. The maximum Gasteiger partial charge on any atom is 0.410 e. The van der Waals surface area contributed by atoms with Crippen LogP contribution in [0.1, 0.15) is 20.8 Å². The third-order valence-corrected chi connectivity index (χ3v) is 2.90. The molecule has 0 bridgehead atoms. The molecule has 1 aromatic heterocycles. The van der Waals surface area contributed by atoms with Gasteiger partial charge < -0.3 is 20.1 Å². The number of nitrogens with two attached hydrogens (primary N) is 1. The van der Waals surface area contributed by atoms with E-state index in [4.69, 9.17) is 15.2 Å². The summed E-state index contributed by atoms with van der Waals surface area (Å²) in [5.41, 5.74) is 4.86. The van der Waals surface area contributed by atoms with Crippen LogP contribution >= 0.6 is 0 Å². The fourth-order valence-electron chi connectivity index (χ4n) is 1.96. The molecule has 1 saturated heterocycles. The molecule has 0 spiro atoms. The van der Waals surface area contributed by atoms with Crippen molar-refractivity contribution < 1.29 is 18.7 Å². The number of likely N-dealkylation sites (tertiary alicyclic amines) is 1. The minimum absolute atomic E-state index is 0.0397. The van der Waals surface area contributed by atoms with E-state index in [1.54, 1.807) is 32.9 Å². The van der Waals surface area contributed by atoms with Crippen LogP contribution in [0.25, 0.3) is 0 Å². The van der Waals surface area contributed by atoms with Crippen LogP contribution < -0.4 is 10.5 Å². The van der Waals surface area contributed by atoms with Crippen molar-refractivity contribution in [2.24, 2.45) is 0 Å². The molecule has 0 radical (unpaired) electrons. The second kappa shape index (κ2) is 5.75. The lowest BCUT2D eigenvalue weighted by molar-refractivity contribution is 0.0273. The van der Waals surface area contributed by atoms with Crippen LogP contribution in [0, 0.1) is 0 Å². The molecule has 6 nitrogen and oxygen atoms in total. The van der Waals surface area contributed by atoms with Crippen molar-refractivity contribution in [2.75, 3.05) is 18.8 Å². The van der Waals surface area contributed by atoms with Crippen molar-refractivity contribution in [2.45, 2.75) is 38.6 Å². The van der Waals surface area contributed by atoms with Gasteiger partial charge in [0.25, 0.3) is 0 Å². The number of hydrogen-bond acceptors (Lipinski definition) is 5. The Balaban J connectivity index is 1.94. The minimum atomic E-state index is -1.27. The predicted molar refractivity (Wildman–Crippen MR) is 75.8 cm³/mol. The maximum atomic E-state index is 14.0. The second-order valence-corrected chi connectivity index (χ2v) is 5.98. The van der Waals surface area contributed by atoms with E-state index in [0.717, 1.165) is 0 Å². The normalized spacial score (nSPS) is 22.2. The van der Waals surface area contributed by atoms with Gasteiger partial charge in [0.15, 0.2) is 6.17 Å². The molecule has 116 valence electrons. The summed E-state index contributed by atoms with van der Waals surface area (Å²) in [5.74, 6) is 0.781. The van der Waals surface area contributed by atoms with E-state index in [2.05, 4.69) is 4.98 Å². The first kappa shape index (κ1) is 15.3. The Kier molecular flexibility index (Phi) is 4.20. The van der Waals surface area contributed by atoms with E-state index in [-0.39, 0.29) is 13.1 Å². The zero-order valence-electron chi connectivity index (χ0n) is 12.4. The molecular formula is C14H20FN3O3. The summed E-state index contributed by atoms with van der Waals surface area (Å²) in [4.78, 5) is 17.1. The van der Waals surface area contributed by atoms with Gasteiger partial charge in [0.2, 0.25) is 0 Å². The third-order valence-electron chi connectivity index (χ3n) is 2.90. The molecular weight excluding hydrogens is 277 g/mol. The topological polar surface area (TPSA) is 77.7 Å². The average molecular weight is 297 g/mol. The number of nitrogens with zero attached hydrogens (tertiary/aromatic N) is 2. The molecule has 2 heterocycles. The van der Waals surface area contributed by atoms with Gasteiger partial charge in [-0.1, -0.05) is 0 Å². The summed E-state index contributed by atoms with van der Waals surface area (Å²) in [7, 11) is 0. The number of carbonyl (C=O) groups is 1. The number of rotatable bonds is 2. The number of halogens is 1. The molecule has 1 aliphatic rings. The number of aromatic nitrogens is 1. The van der Waals surface area contributed by atoms with Crippen LogP contribution in [0.5, 0.6) is 5.75 Å². The number of alkyl halides is 1. The van der Waals surface area contributed by atoms with Gasteiger partial charge in [0, 0.05) is 0 Å². The number of pyridine rings is 1. The smallest absolute Gasteiger partial charge is 0.410 e. The zero-order valence-corrected chi connectivity index (χ0v) is 12.4. The molecule has 0 unspecified atom stereocenters. The quantitative estimate of drug-likeness (QED) is 0.903. The number of anilines is 1. The highest BCUT2D eigenvalue weighted by Gasteiger charge is 2.38. The molecule has 1 amide bonds. The lowest BCUT2D eigenvalue weighted by Gasteiger charge is -2.24. The molecule has 21 heavy (non-hydrogen) atoms. The van der Waals surface area contributed by atoms with Gasteiger partial charge in [-0.15, -0.1) is 0 Å². The lowest BCUT2D eigenvalue weighted by Crippen LogP contribution is -2.36. The summed E-state index contributed by atoms with van der Waals surface area (Å²) < 4.78 is 24.7. The van der Waals surface area contributed by atoms with Gasteiger partial charge in [-0.2, -0.15) is 0 Å². The number of nitrogen functional groups attached to an aromatic ring is 1. The molecule has 7 heteroatoms. The predicted octanol–water partition coefficient (Wildman–Crippen LogP) is 2.00. The van der Waals surface area contributed by atoms with Crippen molar-refractivity contribution >= 4 is 11.9 Å². The van der Waals surface area contributed by atoms with Crippen LogP contribution in [-0.2, 0) is 4.74 Å². The van der Waals surface area contributed by atoms with Crippen LogP contribution in [0.3, 0.4) is 0 Å². The molecule has 2 N–H and O–H groups in total. The highest BCUT2D eigenvalue weighted by molar-refractivity contribution is 5.68. The van der Waals surface area contributed by atoms with Crippen LogP contribution in [-0.4, -0.2) is 46.9 Å². The van der Waals surface area contributed by atoms with E-state index in [1.807, 2.05) is 0 Å². The van der Waals surface area contributed by atoms with E-state index < -0.39 is 24.0 Å². The Morgan fingerprint density at radius 2 is 2.14 bits per heavy atom. The highest BCUT2D eigenvalue weighted by atomic mass is 19.1. The second-order valence-electron chi connectivity index (χ2n) is 5.98. The molecule has 2 atom stereocenters. The zero-order chi connectivity index (χ0) is 15.6. The van der Waals surface area contributed by atoms with Gasteiger partial charge in [0.05, 0.1) is 19.3 Å². The fourth-order valence-corrected chi connectivity index (χ4v) is 1.96. The van der Waals surface area contributed by atoms with Gasteiger partial charge in [-0.05, 0) is 32.9 Å². The van der Waals surface area contributed by atoms with E-state index in [1.165, 1.54) is 11.1 Å². The summed E-state index contributed by atoms with van der Waals surface area (Å²) in [5, 5.41) is 0. The number of carbonyl (C=O) groups excluding carboxylic acids is 1. The average Bonchev–Trinajstić information content (AvgIpc) is 2.72. The van der Waals surface area contributed by atoms with Crippen LogP contribution in [0.15, 0.2) is 18.3 Å². The van der Waals surface area contributed by atoms with E-state index >= 15 is 0 Å². The SMILES string of the molecule is CC(C)(C)OC(=O)N1C[C@H](F)[C@H](Oc2ccc(N)nc2)C1. The van der Waals surface area contributed by atoms with Gasteiger partial charge in [-0.25, -0.2) is 14.2 Å². The maximum absolute atomic E-state index is 14.0. The molecule has 0 saturated carbocycles. The Morgan fingerprint density at radius 3 is 2.71 bits per heavy atom. The van der Waals surface area contributed by atoms with Gasteiger partial charge in [-0.3, -0.25) is 0 Å². The van der Waals surface area contributed by atoms with Crippen molar-refractivity contribution in [1.29, 1.82) is 0 Å². The number of hydrogen-bond donors (Lipinski definition) is 1. The van der Waals surface area contributed by atoms with Crippen molar-refractivity contribution in [1.82, 2.24) is 9.88 Å². The Morgan fingerprint density at radius 1 is 1.43 bits per heavy atom. The molecule has 0 aromatic carbocycles. The number of ether oxygens (including phenoxy) is 2. The summed E-state index contributed by atoms with van der Waals surface area (Å²) in [6.07, 6.45) is -1.11. The first-order valence-corrected chi connectivity index (χ1v) is 6.75. The van der Waals surface area contributed by atoms with Gasteiger partial charge in [0.1, 0.15) is 23.3 Å². The molecule has 1 aliphatic heterocycles. The standard InChI is InChI=1S/C14H20FN3O3/c1-14(2,3)21-13(19)18-7-10(15)11(8-18)20-9-4-5-12(16)17-6-9/h4-6,10-11H,7-8H2,1-3H3,(H2,16,17)/t10-,11+/m0/s1. The van der Waals surface area contributed by atoms with Crippen molar-refractivity contribution in [3.05, 3.63) is 18.3 Å². The number of amides is 1. The largest absolute Gasteiger partial charge is 0.484 e. The van der Waals surface area contributed by atoms with Crippen LogP contribution in [0.4, 0.5) is 15.0 Å². The summed E-state index contributed by atoms with van der Waals surface area (Å²) in [6, 6.07) is 3.19. The van der Waals surface area contributed by atoms with Crippen LogP contribution in [0.2, 0.25) is 0 Å². The third kappa shape index (κ3) is 4.21. The van der Waals surface area contributed by atoms with E-state index in [0.29, 0.717) is 11.6 Å². The first-order valence-electron chi connectivity index (χ1n) is 6.75. The lowest BCUT2D eigenvalue weighted by atomic mass is 10.2. The van der Waals surface area contributed by atoms with Crippen molar-refractivity contribution in [3.8, 4) is 5.75 Å². The van der Waals surface area contributed by atoms with E-state index in [9.17, 15) is 9.18 Å². The monoisotopic (exact) mass is 297 g/mol. The minimum Gasteiger partial charge on any atom is -0.484 e. The Labute approximate surface area is 123 Å². The van der Waals surface area contributed by atoms with Crippen molar-refractivity contribution in [3.63, 3.8) is 0 Å².